The van der Waals surface area contributed by atoms with Crippen molar-refractivity contribution in [3.63, 3.8) is 0 Å². The number of halogens is 1. The highest BCUT2D eigenvalue weighted by Gasteiger charge is 1.95. The third-order valence-electron chi connectivity index (χ3n) is 0.942. The summed E-state index contributed by atoms with van der Waals surface area (Å²) in [6, 6.07) is 0. The van der Waals surface area contributed by atoms with Crippen molar-refractivity contribution in [2.24, 2.45) is 0 Å². The Hall–Kier alpha value is -0.770. The van der Waals surface area contributed by atoms with Crippen LogP contribution in [0.5, 0.6) is 0 Å². The zero-order valence-corrected chi connectivity index (χ0v) is 7.07. The van der Waals surface area contributed by atoms with Gasteiger partial charge in [0.2, 0.25) is 11.8 Å². The molecule has 0 unspecified atom stereocenters. The van der Waals surface area contributed by atoms with Gasteiger partial charge in [0.25, 0.3) is 0 Å². The first-order chi connectivity index (χ1) is 5.16. The Morgan fingerprint density at radius 2 is 1.82 bits per heavy atom. The number of hydrogen-bond acceptors (Lipinski definition) is 2. The van der Waals surface area contributed by atoms with Gasteiger partial charge in [0, 0.05) is 20.0 Å². The Balaban J connectivity index is 3.14. The zero-order chi connectivity index (χ0) is 8.69. The number of alkyl halides is 1. The van der Waals surface area contributed by atoms with Gasteiger partial charge in [-0.25, -0.2) is 0 Å². The van der Waals surface area contributed by atoms with E-state index < -0.39 is 0 Å². The van der Waals surface area contributed by atoms with Crippen LogP contribution >= 0.6 is 11.6 Å². The lowest BCUT2D eigenvalue weighted by molar-refractivity contribution is -0.120. The van der Waals surface area contributed by atoms with Gasteiger partial charge in [0.1, 0.15) is 5.88 Å². The van der Waals surface area contributed by atoms with Gasteiger partial charge in [-0.15, -0.1) is 11.6 Å². The average molecular weight is 179 g/mol. The van der Waals surface area contributed by atoms with Gasteiger partial charge >= 0.3 is 0 Å². The second-order valence-corrected chi connectivity index (χ2v) is 2.23. The molecule has 0 heterocycles. The first kappa shape index (κ1) is 10.2. The minimum atomic E-state index is -0.225. The molecule has 0 aliphatic rings. The fourth-order valence-electron chi connectivity index (χ4n) is 0.488. The van der Waals surface area contributed by atoms with E-state index in [0.29, 0.717) is 13.1 Å². The largest absolute Gasteiger partial charge is 0.355 e. The van der Waals surface area contributed by atoms with Crippen LogP contribution in [0.4, 0.5) is 0 Å². The van der Waals surface area contributed by atoms with E-state index in [1.165, 1.54) is 6.92 Å². The molecule has 0 bridgehead atoms. The summed E-state index contributed by atoms with van der Waals surface area (Å²) >= 11 is 5.19. The molecule has 0 aromatic carbocycles. The number of amides is 2. The molecule has 0 radical (unpaired) electrons. The maximum absolute atomic E-state index is 10.5. The molecule has 0 rings (SSSR count). The zero-order valence-electron chi connectivity index (χ0n) is 6.32. The van der Waals surface area contributed by atoms with Crippen molar-refractivity contribution in [1.82, 2.24) is 10.6 Å². The first-order valence-electron chi connectivity index (χ1n) is 3.24. The Kier molecular flexibility index (Phi) is 5.56. The van der Waals surface area contributed by atoms with Crippen LogP contribution < -0.4 is 10.6 Å². The van der Waals surface area contributed by atoms with E-state index in [9.17, 15) is 9.59 Å². The molecule has 0 aromatic rings. The van der Waals surface area contributed by atoms with E-state index in [2.05, 4.69) is 10.6 Å². The average Bonchev–Trinajstić information content (AvgIpc) is 1.97. The molecule has 2 N–H and O–H groups in total. The van der Waals surface area contributed by atoms with Gasteiger partial charge in [0.15, 0.2) is 0 Å². The van der Waals surface area contributed by atoms with E-state index in [4.69, 9.17) is 11.6 Å². The van der Waals surface area contributed by atoms with Crippen LogP contribution in [0.2, 0.25) is 0 Å². The lowest BCUT2D eigenvalue weighted by Gasteiger charge is -2.02. The fourth-order valence-corrected chi connectivity index (χ4v) is 0.582. The number of nitrogens with one attached hydrogen (secondary N) is 2. The molecule has 11 heavy (non-hydrogen) atoms. The van der Waals surface area contributed by atoms with E-state index in [0.717, 1.165) is 0 Å². The Labute approximate surface area is 70.3 Å². The van der Waals surface area contributed by atoms with Crippen molar-refractivity contribution >= 4 is 23.4 Å². The maximum Gasteiger partial charge on any atom is 0.234 e. The SMILES string of the molecule is CC(=O)NCCNC(=O)CCl. The summed E-state index contributed by atoms with van der Waals surface area (Å²) < 4.78 is 0. The van der Waals surface area contributed by atoms with Crippen molar-refractivity contribution in [3.8, 4) is 0 Å². The Bertz CT molecular complexity index is 150. The van der Waals surface area contributed by atoms with Crippen LogP contribution in [-0.2, 0) is 9.59 Å². The van der Waals surface area contributed by atoms with Crippen LogP contribution in [0.1, 0.15) is 6.92 Å². The van der Waals surface area contributed by atoms with E-state index in [-0.39, 0.29) is 17.7 Å². The summed E-state index contributed by atoms with van der Waals surface area (Å²) in [5, 5.41) is 5.03. The Morgan fingerprint density at radius 3 is 2.27 bits per heavy atom. The summed E-state index contributed by atoms with van der Waals surface area (Å²) in [5.41, 5.74) is 0. The van der Waals surface area contributed by atoms with Crippen molar-refractivity contribution in [1.29, 1.82) is 0 Å². The molecule has 0 spiro atoms. The smallest absolute Gasteiger partial charge is 0.234 e. The van der Waals surface area contributed by atoms with Crippen LogP contribution in [0.3, 0.4) is 0 Å². The summed E-state index contributed by atoms with van der Waals surface area (Å²) in [4.78, 5) is 20.8. The molecule has 4 nitrogen and oxygen atoms in total. The lowest BCUT2D eigenvalue weighted by atomic mass is 10.5. The molecule has 0 aliphatic carbocycles. The van der Waals surface area contributed by atoms with Crippen LogP contribution in [-0.4, -0.2) is 30.8 Å². The quantitative estimate of drug-likeness (QED) is 0.450. The van der Waals surface area contributed by atoms with Crippen molar-refractivity contribution < 1.29 is 9.59 Å². The molecule has 0 aliphatic heterocycles. The van der Waals surface area contributed by atoms with Crippen LogP contribution in [0, 0.1) is 0 Å². The summed E-state index contributed by atoms with van der Waals surface area (Å²) in [5.74, 6) is -0.373. The number of carbonyl (C=O) groups is 2. The van der Waals surface area contributed by atoms with E-state index in [1.54, 1.807) is 0 Å². The molecule has 64 valence electrons. The molecule has 0 fully saturated rings. The summed E-state index contributed by atoms with van der Waals surface area (Å²) in [7, 11) is 0. The predicted octanol–water partition coefficient (Wildman–Crippen LogP) is -0.523. The highest BCUT2D eigenvalue weighted by Crippen LogP contribution is 1.72. The van der Waals surface area contributed by atoms with Gasteiger partial charge in [-0.2, -0.15) is 0 Å². The second kappa shape index (κ2) is 5.97. The third-order valence-corrected chi connectivity index (χ3v) is 1.19. The molecular formula is C6H11ClN2O2. The van der Waals surface area contributed by atoms with Gasteiger partial charge < -0.3 is 10.6 Å². The molecule has 0 saturated heterocycles. The standard InChI is InChI=1S/C6H11ClN2O2/c1-5(10)8-2-3-9-6(11)4-7/h2-4H2,1H3,(H,8,10)(H,9,11). The Morgan fingerprint density at radius 1 is 1.27 bits per heavy atom. The third kappa shape index (κ3) is 7.12. The van der Waals surface area contributed by atoms with Crippen LogP contribution in [0.25, 0.3) is 0 Å². The lowest BCUT2D eigenvalue weighted by Crippen LogP contribution is -2.34. The molecule has 0 atom stereocenters. The highest BCUT2D eigenvalue weighted by molar-refractivity contribution is 6.27. The van der Waals surface area contributed by atoms with Gasteiger partial charge in [0.05, 0.1) is 0 Å². The second-order valence-electron chi connectivity index (χ2n) is 1.97. The minimum absolute atomic E-state index is 0.0416. The summed E-state index contributed by atoms with van der Waals surface area (Å²) in [6.45, 7) is 2.28. The van der Waals surface area contributed by atoms with E-state index >= 15 is 0 Å². The van der Waals surface area contributed by atoms with E-state index in [1.807, 2.05) is 0 Å². The molecular weight excluding hydrogens is 168 g/mol. The van der Waals surface area contributed by atoms with Gasteiger partial charge in [-0.1, -0.05) is 0 Å². The van der Waals surface area contributed by atoms with Crippen LogP contribution in [0.15, 0.2) is 0 Å². The van der Waals surface area contributed by atoms with Gasteiger partial charge in [-0.3, -0.25) is 9.59 Å². The maximum atomic E-state index is 10.5. The normalized spacial score (nSPS) is 8.91. The minimum Gasteiger partial charge on any atom is -0.355 e. The monoisotopic (exact) mass is 178 g/mol. The van der Waals surface area contributed by atoms with Crippen molar-refractivity contribution in [2.75, 3.05) is 19.0 Å². The predicted molar refractivity (Wildman–Crippen MR) is 42.4 cm³/mol. The molecule has 0 saturated carbocycles. The first-order valence-corrected chi connectivity index (χ1v) is 3.77. The highest BCUT2D eigenvalue weighted by atomic mass is 35.5. The summed E-state index contributed by atoms with van der Waals surface area (Å²) in [6.07, 6.45) is 0. The van der Waals surface area contributed by atoms with Crippen molar-refractivity contribution in [3.05, 3.63) is 0 Å². The number of hydrogen-bond donors (Lipinski definition) is 2. The number of rotatable bonds is 4. The van der Waals surface area contributed by atoms with Gasteiger partial charge in [-0.05, 0) is 0 Å². The van der Waals surface area contributed by atoms with Crippen molar-refractivity contribution in [2.45, 2.75) is 6.92 Å². The molecule has 2 amide bonds. The fraction of sp³-hybridized carbons (Fsp3) is 0.667. The number of carbonyl (C=O) groups excluding carboxylic acids is 2. The molecule has 0 aromatic heterocycles. The topological polar surface area (TPSA) is 58.2 Å². The molecule has 5 heteroatoms.